The number of nitrogens with two attached hydrogens (primary N) is 1. The SMILES string of the molecule is CCCC(=O)C(Oc1cccc(C)c1)C(=O)ONC(=O)c1ccc(C=NN)cc1. The number of hydrogen-bond acceptors (Lipinski definition) is 7. The lowest BCUT2D eigenvalue weighted by atomic mass is 10.1. The zero-order chi connectivity index (χ0) is 21.2. The summed E-state index contributed by atoms with van der Waals surface area (Å²) in [5, 5.41) is 3.39. The summed E-state index contributed by atoms with van der Waals surface area (Å²) >= 11 is 0. The maximum atomic E-state index is 12.4. The van der Waals surface area contributed by atoms with Crippen LogP contribution in [0.3, 0.4) is 0 Å². The quantitative estimate of drug-likeness (QED) is 0.305. The Kier molecular flexibility index (Phi) is 7.90. The van der Waals surface area contributed by atoms with Gasteiger partial charge in [0.2, 0.25) is 0 Å². The predicted molar refractivity (Wildman–Crippen MR) is 107 cm³/mol. The third kappa shape index (κ3) is 6.46. The number of nitrogens with one attached hydrogen (secondary N) is 1. The van der Waals surface area contributed by atoms with Gasteiger partial charge in [-0.25, -0.2) is 4.79 Å². The third-order valence-corrected chi connectivity index (χ3v) is 3.89. The van der Waals surface area contributed by atoms with Crippen molar-refractivity contribution in [2.24, 2.45) is 10.9 Å². The number of benzene rings is 2. The molecule has 8 heteroatoms. The zero-order valence-corrected chi connectivity index (χ0v) is 16.3. The molecule has 0 aromatic heterocycles. The van der Waals surface area contributed by atoms with Crippen molar-refractivity contribution in [3.63, 3.8) is 0 Å². The number of aryl methyl sites for hydroxylation is 1. The second-order valence-corrected chi connectivity index (χ2v) is 6.28. The Morgan fingerprint density at radius 3 is 2.52 bits per heavy atom. The van der Waals surface area contributed by atoms with Crippen molar-refractivity contribution in [3.05, 3.63) is 65.2 Å². The topological polar surface area (TPSA) is 120 Å². The highest BCUT2D eigenvalue weighted by Crippen LogP contribution is 2.16. The molecule has 1 unspecified atom stereocenters. The number of Topliss-reactive ketones (excluding diaryl/α,β-unsaturated/α-hetero) is 1. The maximum absolute atomic E-state index is 12.4. The molecular formula is C21H23N3O5. The molecule has 1 amide bonds. The molecule has 0 aliphatic heterocycles. The molecule has 2 aromatic rings. The van der Waals surface area contributed by atoms with Gasteiger partial charge in [0, 0.05) is 12.0 Å². The van der Waals surface area contributed by atoms with E-state index in [1.165, 1.54) is 18.3 Å². The molecule has 2 aromatic carbocycles. The van der Waals surface area contributed by atoms with E-state index in [4.69, 9.17) is 15.4 Å². The predicted octanol–water partition coefficient (Wildman–Crippen LogP) is 2.29. The first-order valence-electron chi connectivity index (χ1n) is 9.05. The number of rotatable bonds is 8. The van der Waals surface area contributed by atoms with Crippen LogP contribution in [-0.4, -0.2) is 30.0 Å². The molecule has 0 radical (unpaired) electrons. The van der Waals surface area contributed by atoms with Crippen LogP contribution in [0, 0.1) is 6.92 Å². The number of hydroxylamine groups is 1. The van der Waals surface area contributed by atoms with Crippen LogP contribution in [0.2, 0.25) is 0 Å². The molecule has 0 heterocycles. The molecule has 1 atom stereocenters. The molecule has 152 valence electrons. The summed E-state index contributed by atoms with van der Waals surface area (Å²) in [6, 6.07) is 13.2. The van der Waals surface area contributed by atoms with E-state index in [2.05, 4.69) is 5.10 Å². The lowest BCUT2D eigenvalue weighted by molar-refractivity contribution is -0.160. The number of carbonyl (C=O) groups is 3. The fraction of sp³-hybridized carbons (Fsp3) is 0.238. The molecular weight excluding hydrogens is 374 g/mol. The van der Waals surface area contributed by atoms with Crippen LogP contribution < -0.4 is 16.1 Å². The van der Waals surface area contributed by atoms with Crippen LogP contribution >= 0.6 is 0 Å². The number of ketones is 1. The molecule has 0 spiro atoms. The Labute approximate surface area is 168 Å². The van der Waals surface area contributed by atoms with E-state index in [1.807, 2.05) is 25.4 Å². The molecule has 0 fully saturated rings. The van der Waals surface area contributed by atoms with Gasteiger partial charge in [-0.2, -0.15) is 10.6 Å². The molecule has 0 saturated heterocycles. The standard InChI is InChI=1S/C21H23N3O5/c1-3-5-18(25)19(28-17-7-4-6-14(2)12-17)21(27)29-24-20(26)16-10-8-15(9-11-16)13-23-22/h4,6-13,19H,3,5,22H2,1-2H3,(H,24,26). The summed E-state index contributed by atoms with van der Waals surface area (Å²) in [6.45, 7) is 3.67. The zero-order valence-electron chi connectivity index (χ0n) is 16.3. The number of nitrogens with zero attached hydrogens (tertiary/aromatic N) is 1. The van der Waals surface area contributed by atoms with Crippen molar-refractivity contribution >= 4 is 23.9 Å². The summed E-state index contributed by atoms with van der Waals surface area (Å²) in [5.41, 5.74) is 3.92. The average Bonchev–Trinajstić information content (AvgIpc) is 2.71. The lowest BCUT2D eigenvalue weighted by Crippen LogP contribution is -2.41. The van der Waals surface area contributed by atoms with Gasteiger partial charge in [0.05, 0.1) is 6.21 Å². The molecule has 8 nitrogen and oxygen atoms in total. The summed E-state index contributed by atoms with van der Waals surface area (Å²) in [4.78, 5) is 41.7. The Bertz CT molecular complexity index is 893. The minimum absolute atomic E-state index is 0.143. The molecule has 0 aliphatic carbocycles. The van der Waals surface area contributed by atoms with E-state index < -0.39 is 23.8 Å². The van der Waals surface area contributed by atoms with Gasteiger partial charge in [0.15, 0.2) is 5.78 Å². The summed E-state index contributed by atoms with van der Waals surface area (Å²) in [7, 11) is 0. The first-order valence-corrected chi connectivity index (χ1v) is 9.05. The number of amides is 1. The fourth-order valence-corrected chi connectivity index (χ4v) is 2.46. The van der Waals surface area contributed by atoms with E-state index in [0.29, 0.717) is 17.7 Å². The van der Waals surface area contributed by atoms with Crippen molar-refractivity contribution in [1.82, 2.24) is 5.48 Å². The molecule has 3 N–H and O–H groups in total. The van der Waals surface area contributed by atoms with Gasteiger partial charge in [-0.15, -0.1) is 0 Å². The highest BCUT2D eigenvalue weighted by atomic mass is 16.7. The van der Waals surface area contributed by atoms with Crippen molar-refractivity contribution in [2.45, 2.75) is 32.8 Å². The van der Waals surface area contributed by atoms with E-state index >= 15 is 0 Å². The van der Waals surface area contributed by atoms with Crippen LogP contribution in [0.25, 0.3) is 0 Å². The number of carbonyl (C=O) groups excluding carboxylic acids is 3. The third-order valence-electron chi connectivity index (χ3n) is 3.89. The number of hydrogen-bond donors (Lipinski definition) is 2. The molecule has 0 bridgehead atoms. The average molecular weight is 397 g/mol. The monoisotopic (exact) mass is 397 g/mol. The van der Waals surface area contributed by atoms with E-state index in [-0.39, 0.29) is 12.0 Å². The highest BCUT2D eigenvalue weighted by Gasteiger charge is 2.30. The smallest absolute Gasteiger partial charge is 0.380 e. The van der Waals surface area contributed by atoms with Crippen molar-refractivity contribution in [3.8, 4) is 5.75 Å². The second-order valence-electron chi connectivity index (χ2n) is 6.28. The Morgan fingerprint density at radius 1 is 1.17 bits per heavy atom. The first-order chi connectivity index (χ1) is 13.9. The summed E-state index contributed by atoms with van der Waals surface area (Å²) in [5.74, 6) is 3.36. The maximum Gasteiger partial charge on any atom is 0.380 e. The largest absolute Gasteiger partial charge is 0.471 e. The van der Waals surface area contributed by atoms with Crippen molar-refractivity contribution in [2.75, 3.05) is 0 Å². The Morgan fingerprint density at radius 2 is 1.90 bits per heavy atom. The van der Waals surface area contributed by atoms with Gasteiger partial charge < -0.3 is 15.4 Å². The normalized spacial score (nSPS) is 11.7. The number of hydrazone groups is 1. The van der Waals surface area contributed by atoms with Crippen molar-refractivity contribution < 1.29 is 24.0 Å². The molecule has 29 heavy (non-hydrogen) atoms. The fourth-order valence-electron chi connectivity index (χ4n) is 2.46. The van der Waals surface area contributed by atoms with Crippen LogP contribution in [0.5, 0.6) is 5.75 Å². The van der Waals surface area contributed by atoms with E-state index in [1.54, 1.807) is 30.3 Å². The highest BCUT2D eigenvalue weighted by molar-refractivity contribution is 6.03. The van der Waals surface area contributed by atoms with Crippen molar-refractivity contribution in [1.29, 1.82) is 0 Å². The van der Waals surface area contributed by atoms with Crippen LogP contribution in [0.4, 0.5) is 0 Å². The van der Waals surface area contributed by atoms with Crippen LogP contribution in [0.15, 0.2) is 53.6 Å². The molecule has 0 saturated carbocycles. The minimum Gasteiger partial charge on any atom is -0.471 e. The van der Waals surface area contributed by atoms with Gasteiger partial charge in [-0.1, -0.05) is 31.2 Å². The Balaban J connectivity index is 2.04. The van der Waals surface area contributed by atoms with Gasteiger partial charge in [-0.05, 0) is 48.7 Å². The summed E-state index contributed by atoms with van der Waals surface area (Å²) in [6.07, 6.45) is 0.642. The van der Waals surface area contributed by atoms with Gasteiger partial charge >= 0.3 is 5.97 Å². The minimum atomic E-state index is -1.47. The van der Waals surface area contributed by atoms with Gasteiger partial charge in [0.25, 0.3) is 12.0 Å². The van der Waals surface area contributed by atoms with E-state index in [0.717, 1.165) is 5.56 Å². The van der Waals surface area contributed by atoms with E-state index in [9.17, 15) is 14.4 Å². The van der Waals surface area contributed by atoms with Gasteiger partial charge in [-0.3, -0.25) is 9.59 Å². The Hall–Kier alpha value is -3.68. The molecule has 0 aliphatic rings. The first kappa shape index (κ1) is 21.6. The van der Waals surface area contributed by atoms with Crippen LogP contribution in [-0.2, 0) is 14.4 Å². The number of ether oxygens (including phenoxy) is 1. The lowest BCUT2D eigenvalue weighted by Gasteiger charge is -2.17. The van der Waals surface area contributed by atoms with Gasteiger partial charge in [0.1, 0.15) is 5.75 Å². The second kappa shape index (κ2) is 10.6. The summed E-state index contributed by atoms with van der Waals surface area (Å²) < 4.78 is 5.55. The molecule has 2 rings (SSSR count). The van der Waals surface area contributed by atoms with Crippen LogP contribution in [0.1, 0.15) is 41.3 Å².